The number of nitrogens with one attached hydrogen (secondary N) is 2. The second kappa shape index (κ2) is 8.11. The van der Waals surface area contributed by atoms with Gasteiger partial charge in [-0.2, -0.15) is 0 Å². The van der Waals surface area contributed by atoms with Crippen LogP contribution in [0.25, 0.3) is 22.6 Å². The summed E-state index contributed by atoms with van der Waals surface area (Å²) in [6.07, 6.45) is 1.54. The van der Waals surface area contributed by atoms with Gasteiger partial charge in [0, 0.05) is 23.4 Å². The van der Waals surface area contributed by atoms with Crippen molar-refractivity contribution >= 4 is 34.3 Å². The average molecular weight is 420 g/mol. The molecule has 2 N–H and O–H groups in total. The molecule has 0 bridgehead atoms. The standard InChI is InChI=1S/C21H16N4O6/c1-2-30-21(27)13-8-12(9-15(10-13)25(28)29)20(26)22-14-5-6-16-17(11-14)24-19(23-16)18-4-3-7-31-18/h3-11H,2H2,1H3,(H,22,26)(H,23,24). The molecule has 0 saturated carbocycles. The molecule has 2 aromatic heterocycles. The number of carbonyl (C=O) groups excluding carboxylic acids is 2. The minimum Gasteiger partial charge on any atom is -0.462 e. The first-order valence-electron chi connectivity index (χ1n) is 9.26. The molecule has 0 aliphatic rings. The monoisotopic (exact) mass is 420 g/mol. The van der Waals surface area contributed by atoms with Crippen LogP contribution in [0.15, 0.2) is 59.2 Å². The van der Waals surface area contributed by atoms with E-state index in [2.05, 4.69) is 15.3 Å². The Labute approximate surface area is 175 Å². The Morgan fingerprint density at radius 3 is 2.71 bits per heavy atom. The molecule has 0 unspecified atom stereocenters. The highest BCUT2D eigenvalue weighted by atomic mass is 16.6. The lowest BCUT2D eigenvalue weighted by atomic mass is 10.1. The summed E-state index contributed by atoms with van der Waals surface area (Å²) in [7, 11) is 0. The van der Waals surface area contributed by atoms with Crippen LogP contribution in [0.3, 0.4) is 0 Å². The van der Waals surface area contributed by atoms with Gasteiger partial charge in [-0.1, -0.05) is 0 Å². The third-order valence-corrected chi connectivity index (χ3v) is 4.40. The Morgan fingerprint density at radius 1 is 1.19 bits per heavy atom. The topological polar surface area (TPSA) is 140 Å². The van der Waals surface area contributed by atoms with Gasteiger partial charge in [-0.05, 0) is 43.3 Å². The molecule has 0 spiro atoms. The Kier molecular flexibility index (Phi) is 5.19. The third kappa shape index (κ3) is 4.13. The first kappa shape index (κ1) is 19.8. The van der Waals surface area contributed by atoms with Crippen molar-refractivity contribution in [3.05, 3.63) is 76.0 Å². The van der Waals surface area contributed by atoms with E-state index in [4.69, 9.17) is 9.15 Å². The number of hydrogen-bond acceptors (Lipinski definition) is 7. The molecule has 0 radical (unpaired) electrons. The summed E-state index contributed by atoms with van der Waals surface area (Å²) >= 11 is 0. The number of benzene rings is 2. The lowest BCUT2D eigenvalue weighted by Gasteiger charge is -2.07. The Hall–Kier alpha value is -4.47. The number of imidazole rings is 1. The van der Waals surface area contributed by atoms with Crippen molar-refractivity contribution in [3.8, 4) is 11.6 Å². The van der Waals surface area contributed by atoms with Crippen molar-refractivity contribution in [2.75, 3.05) is 11.9 Å². The van der Waals surface area contributed by atoms with Gasteiger partial charge in [-0.25, -0.2) is 9.78 Å². The van der Waals surface area contributed by atoms with Crippen molar-refractivity contribution in [2.45, 2.75) is 6.92 Å². The molecule has 31 heavy (non-hydrogen) atoms. The molecule has 0 atom stereocenters. The fourth-order valence-corrected chi connectivity index (χ4v) is 3.00. The van der Waals surface area contributed by atoms with Crippen LogP contribution in [0.5, 0.6) is 0 Å². The zero-order valence-electron chi connectivity index (χ0n) is 16.2. The molecule has 0 aliphatic heterocycles. The van der Waals surface area contributed by atoms with Crippen LogP contribution < -0.4 is 5.32 Å². The summed E-state index contributed by atoms with van der Waals surface area (Å²) in [6.45, 7) is 1.72. The van der Waals surface area contributed by atoms with Crippen LogP contribution >= 0.6 is 0 Å². The highest BCUT2D eigenvalue weighted by molar-refractivity contribution is 6.07. The summed E-state index contributed by atoms with van der Waals surface area (Å²) in [5.41, 5.74) is 1.27. The fourth-order valence-electron chi connectivity index (χ4n) is 3.00. The quantitative estimate of drug-likeness (QED) is 0.271. The third-order valence-electron chi connectivity index (χ3n) is 4.40. The molecule has 156 valence electrons. The van der Waals surface area contributed by atoms with E-state index < -0.39 is 16.8 Å². The predicted molar refractivity (Wildman–Crippen MR) is 111 cm³/mol. The number of aromatic nitrogens is 2. The largest absolute Gasteiger partial charge is 0.462 e. The SMILES string of the molecule is CCOC(=O)c1cc(C(=O)Nc2ccc3nc(-c4ccco4)[nH]c3c2)cc([N+](=O)[O-])c1. The molecule has 2 aromatic carbocycles. The van der Waals surface area contributed by atoms with Crippen molar-refractivity contribution in [2.24, 2.45) is 0 Å². The number of non-ortho nitro benzene ring substituents is 1. The van der Waals surface area contributed by atoms with E-state index in [1.54, 1.807) is 37.3 Å². The van der Waals surface area contributed by atoms with Gasteiger partial charge in [0.25, 0.3) is 11.6 Å². The Balaban J connectivity index is 1.62. The number of H-pyrrole nitrogens is 1. The van der Waals surface area contributed by atoms with Crippen LogP contribution in [0.4, 0.5) is 11.4 Å². The van der Waals surface area contributed by atoms with Gasteiger partial charge < -0.3 is 19.5 Å². The molecule has 10 heteroatoms. The molecule has 0 fully saturated rings. The van der Waals surface area contributed by atoms with Gasteiger partial charge in [0.15, 0.2) is 11.6 Å². The van der Waals surface area contributed by atoms with E-state index in [-0.39, 0.29) is 23.4 Å². The zero-order valence-corrected chi connectivity index (χ0v) is 16.2. The molecule has 10 nitrogen and oxygen atoms in total. The number of hydrogen-bond donors (Lipinski definition) is 2. The molecule has 1 amide bonds. The predicted octanol–water partition coefficient (Wildman–Crippen LogP) is 4.16. The van der Waals surface area contributed by atoms with Crippen LogP contribution in [0.1, 0.15) is 27.6 Å². The number of fused-ring (bicyclic) bond motifs is 1. The van der Waals surface area contributed by atoms with Crippen LogP contribution in [0, 0.1) is 10.1 Å². The molecule has 4 rings (SSSR count). The maximum Gasteiger partial charge on any atom is 0.338 e. The number of rotatable bonds is 6. The van der Waals surface area contributed by atoms with Crippen LogP contribution in [-0.2, 0) is 4.74 Å². The number of nitrogens with zero attached hydrogens (tertiary/aromatic N) is 2. The molecule has 4 aromatic rings. The van der Waals surface area contributed by atoms with Crippen molar-refractivity contribution in [1.29, 1.82) is 0 Å². The second-order valence-corrected chi connectivity index (χ2v) is 6.49. The number of carbonyl (C=O) groups is 2. The maximum absolute atomic E-state index is 12.7. The normalized spacial score (nSPS) is 10.7. The lowest BCUT2D eigenvalue weighted by molar-refractivity contribution is -0.384. The van der Waals surface area contributed by atoms with Gasteiger partial charge in [0.05, 0.1) is 34.4 Å². The van der Waals surface area contributed by atoms with E-state index in [1.165, 1.54) is 12.3 Å². The van der Waals surface area contributed by atoms with E-state index in [1.807, 2.05) is 0 Å². The fraction of sp³-hybridized carbons (Fsp3) is 0.0952. The molecule has 0 saturated heterocycles. The second-order valence-electron chi connectivity index (χ2n) is 6.49. The zero-order chi connectivity index (χ0) is 22.0. The highest BCUT2D eigenvalue weighted by Gasteiger charge is 2.19. The van der Waals surface area contributed by atoms with E-state index in [0.717, 1.165) is 12.1 Å². The van der Waals surface area contributed by atoms with Crippen molar-refractivity contribution < 1.29 is 23.7 Å². The minimum atomic E-state index is -0.746. The number of ether oxygens (including phenoxy) is 1. The number of nitro groups is 1. The smallest absolute Gasteiger partial charge is 0.338 e. The van der Waals surface area contributed by atoms with Crippen LogP contribution in [0.2, 0.25) is 0 Å². The van der Waals surface area contributed by atoms with Gasteiger partial charge in [0.1, 0.15) is 0 Å². The molecule has 0 aliphatic carbocycles. The van der Waals surface area contributed by atoms with Crippen molar-refractivity contribution in [1.82, 2.24) is 9.97 Å². The first-order chi connectivity index (χ1) is 14.9. The van der Waals surface area contributed by atoms with E-state index in [9.17, 15) is 19.7 Å². The Bertz CT molecular complexity index is 1290. The minimum absolute atomic E-state index is 0.0433. The number of esters is 1. The van der Waals surface area contributed by atoms with Gasteiger partial charge in [0.2, 0.25) is 0 Å². The average Bonchev–Trinajstić information content (AvgIpc) is 3.43. The Morgan fingerprint density at radius 2 is 2.00 bits per heavy atom. The van der Waals surface area contributed by atoms with Crippen molar-refractivity contribution in [3.63, 3.8) is 0 Å². The summed E-state index contributed by atoms with van der Waals surface area (Å²) in [5.74, 6) is -0.241. The molecule has 2 heterocycles. The number of nitro benzene ring substituents is 1. The van der Waals surface area contributed by atoms with Crippen LogP contribution in [-0.4, -0.2) is 33.4 Å². The number of anilines is 1. The molecular weight excluding hydrogens is 404 g/mol. The molecular formula is C21H16N4O6. The number of aromatic amines is 1. The lowest BCUT2D eigenvalue weighted by Crippen LogP contribution is -2.14. The number of amides is 1. The van der Waals surface area contributed by atoms with Gasteiger partial charge >= 0.3 is 5.97 Å². The van der Waals surface area contributed by atoms with Gasteiger partial charge in [-0.3, -0.25) is 14.9 Å². The summed E-state index contributed by atoms with van der Waals surface area (Å²) in [6, 6.07) is 12.0. The number of furan rings is 1. The van der Waals surface area contributed by atoms with Gasteiger partial charge in [-0.15, -0.1) is 0 Å². The summed E-state index contributed by atoms with van der Waals surface area (Å²) < 4.78 is 10.2. The maximum atomic E-state index is 12.7. The summed E-state index contributed by atoms with van der Waals surface area (Å²) in [5, 5.41) is 13.9. The van der Waals surface area contributed by atoms with E-state index in [0.29, 0.717) is 28.3 Å². The first-order valence-corrected chi connectivity index (χ1v) is 9.26. The highest BCUT2D eigenvalue weighted by Crippen LogP contribution is 2.24. The summed E-state index contributed by atoms with van der Waals surface area (Å²) in [4.78, 5) is 42.8. The van der Waals surface area contributed by atoms with E-state index >= 15 is 0 Å².